The Labute approximate surface area is 295 Å². The molecule has 0 saturated heterocycles. The molecule has 0 fully saturated rings. The SMILES string of the molecule is c1cnnc(-c2[nH]c(-c3n[nH]c4ccccc34)c3cc(-c4cccc5snnc45)c(C4Cc5ccccc5O4)c(N4CCc5ccccc54)c23)c1. The van der Waals surface area contributed by atoms with E-state index in [-0.39, 0.29) is 6.10 Å². The summed E-state index contributed by atoms with van der Waals surface area (Å²) >= 11 is 1.41. The largest absolute Gasteiger partial charge is 0.485 e. The molecule has 0 aliphatic carbocycles. The minimum absolute atomic E-state index is 0.259. The first-order valence-electron chi connectivity index (χ1n) is 17.1. The van der Waals surface area contributed by atoms with Crippen molar-refractivity contribution in [1.82, 2.24) is 35.0 Å². The van der Waals surface area contributed by atoms with E-state index in [0.717, 1.165) is 102 Å². The summed E-state index contributed by atoms with van der Waals surface area (Å²) in [5.74, 6) is 0.918. The van der Waals surface area contributed by atoms with Gasteiger partial charge in [0.05, 0.1) is 27.3 Å². The molecule has 9 nitrogen and oxygen atoms in total. The highest BCUT2D eigenvalue weighted by Gasteiger charge is 2.36. The molecule has 0 spiro atoms. The van der Waals surface area contributed by atoms with Crippen molar-refractivity contribution >= 4 is 54.8 Å². The number of para-hydroxylation sites is 3. The van der Waals surface area contributed by atoms with E-state index in [1.807, 2.05) is 24.3 Å². The lowest BCUT2D eigenvalue weighted by Gasteiger charge is -2.29. The molecular weight excluding hydrogens is 653 g/mol. The molecule has 5 aromatic carbocycles. The van der Waals surface area contributed by atoms with Crippen molar-refractivity contribution < 1.29 is 4.74 Å². The molecule has 2 N–H and O–H groups in total. The summed E-state index contributed by atoms with van der Waals surface area (Å²) < 4.78 is 12.4. The Kier molecular flexibility index (Phi) is 6.17. The first kappa shape index (κ1) is 28.4. The average molecular weight is 681 g/mol. The molecule has 0 amide bonds. The normalized spacial score (nSPS) is 15.1. The second-order valence-electron chi connectivity index (χ2n) is 13.1. The maximum atomic E-state index is 6.95. The van der Waals surface area contributed by atoms with E-state index in [2.05, 4.69) is 120 Å². The van der Waals surface area contributed by atoms with Crippen LogP contribution in [0.25, 0.3) is 65.8 Å². The number of hydrogen-bond acceptors (Lipinski definition) is 8. The van der Waals surface area contributed by atoms with Gasteiger partial charge in [0.15, 0.2) is 0 Å². The second-order valence-corrected chi connectivity index (χ2v) is 13.9. The van der Waals surface area contributed by atoms with E-state index in [9.17, 15) is 0 Å². The summed E-state index contributed by atoms with van der Waals surface area (Å²) in [5.41, 5.74) is 13.2. The lowest BCUT2D eigenvalue weighted by Crippen LogP contribution is -2.19. The summed E-state index contributed by atoms with van der Waals surface area (Å²) in [6.07, 6.45) is 3.13. The highest BCUT2D eigenvalue weighted by molar-refractivity contribution is 7.13. The van der Waals surface area contributed by atoms with Gasteiger partial charge in [-0.3, -0.25) is 5.10 Å². The molecule has 51 heavy (non-hydrogen) atoms. The van der Waals surface area contributed by atoms with Gasteiger partial charge in [0, 0.05) is 52.1 Å². The van der Waals surface area contributed by atoms with Crippen molar-refractivity contribution in [3.05, 3.63) is 132 Å². The monoisotopic (exact) mass is 680 g/mol. The van der Waals surface area contributed by atoms with Gasteiger partial charge in [0.25, 0.3) is 0 Å². The quantitative estimate of drug-likeness (QED) is 0.187. The fraction of sp³-hybridized carbons (Fsp3) is 0.0976. The van der Waals surface area contributed by atoms with Gasteiger partial charge in [-0.05, 0) is 77.1 Å². The van der Waals surface area contributed by atoms with E-state index in [1.54, 1.807) is 6.20 Å². The van der Waals surface area contributed by atoms with E-state index < -0.39 is 0 Å². The summed E-state index contributed by atoms with van der Waals surface area (Å²) in [5, 5.41) is 25.0. The lowest BCUT2D eigenvalue weighted by molar-refractivity contribution is 0.240. The number of benzene rings is 5. The molecule has 2 aliphatic rings. The van der Waals surface area contributed by atoms with Crippen molar-refractivity contribution in [3.63, 3.8) is 0 Å². The number of aromatic nitrogens is 7. The average Bonchev–Trinajstić information content (AvgIpc) is 4.03. The molecule has 2 aliphatic heterocycles. The minimum Gasteiger partial charge on any atom is -0.485 e. The number of aromatic amines is 2. The van der Waals surface area contributed by atoms with Gasteiger partial charge in [-0.1, -0.05) is 71.2 Å². The maximum Gasteiger partial charge on any atom is 0.131 e. The molecule has 4 aromatic heterocycles. The summed E-state index contributed by atoms with van der Waals surface area (Å²) in [7, 11) is 0. The molecule has 0 bridgehead atoms. The molecule has 0 radical (unpaired) electrons. The zero-order valence-corrected chi connectivity index (χ0v) is 28.0. The van der Waals surface area contributed by atoms with Crippen molar-refractivity contribution in [3.8, 4) is 39.7 Å². The number of ether oxygens (including phenoxy) is 1. The summed E-state index contributed by atoms with van der Waals surface area (Å²) in [6.45, 7) is 0.818. The molecule has 1 unspecified atom stereocenters. The predicted octanol–water partition coefficient (Wildman–Crippen LogP) is 9.21. The third-order valence-corrected chi connectivity index (χ3v) is 11.0. The van der Waals surface area contributed by atoms with Crippen LogP contribution in [0.2, 0.25) is 0 Å². The number of rotatable bonds is 5. The van der Waals surface area contributed by atoms with Crippen LogP contribution >= 0.6 is 11.5 Å². The Balaban J connectivity index is 1.32. The van der Waals surface area contributed by atoms with Crippen molar-refractivity contribution in [2.45, 2.75) is 18.9 Å². The Hall–Kier alpha value is -6.39. The highest BCUT2D eigenvalue weighted by atomic mass is 32.1. The van der Waals surface area contributed by atoms with Gasteiger partial charge >= 0.3 is 0 Å². The zero-order chi connectivity index (χ0) is 33.5. The van der Waals surface area contributed by atoms with Gasteiger partial charge in [-0.15, -0.1) is 10.2 Å². The number of anilines is 2. The first-order valence-corrected chi connectivity index (χ1v) is 17.8. The zero-order valence-electron chi connectivity index (χ0n) is 27.2. The molecule has 0 saturated carbocycles. The molecular formula is C41H28N8OS. The molecule has 10 heteroatoms. The van der Waals surface area contributed by atoms with Crippen LogP contribution in [0.4, 0.5) is 11.4 Å². The van der Waals surface area contributed by atoms with Crippen LogP contribution in [0.1, 0.15) is 22.8 Å². The smallest absolute Gasteiger partial charge is 0.131 e. The first-order chi connectivity index (χ1) is 25.3. The lowest BCUT2D eigenvalue weighted by atomic mass is 9.87. The number of hydrogen-bond donors (Lipinski definition) is 2. The predicted molar refractivity (Wildman–Crippen MR) is 201 cm³/mol. The van der Waals surface area contributed by atoms with Crippen LogP contribution in [-0.4, -0.2) is 41.5 Å². The Bertz CT molecular complexity index is 2780. The van der Waals surface area contributed by atoms with E-state index >= 15 is 0 Å². The number of H-pyrrole nitrogens is 2. The second kappa shape index (κ2) is 11.1. The van der Waals surface area contributed by atoms with Gasteiger partial charge in [-0.25, -0.2) is 0 Å². The van der Waals surface area contributed by atoms with Gasteiger partial charge in [0.2, 0.25) is 0 Å². The third kappa shape index (κ3) is 4.29. The van der Waals surface area contributed by atoms with Gasteiger partial charge < -0.3 is 14.6 Å². The van der Waals surface area contributed by atoms with Crippen LogP contribution in [0, 0.1) is 0 Å². The molecule has 244 valence electrons. The van der Waals surface area contributed by atoms with Gasteiger partial charge in [0.1, 0.15) is 28.8 Å². The molecule has 1 atom stereocenters. The van der Waals surface area contributed by atoms with Crippen molar-refractivity contribution in [2.75, 3.05) is 11.4 Å². The maximum absolute atomic E-state index is 6.95. The van der Waals surface area contributed by atoms with Crippen LogP contribution in [0.5, 0.6) is 5.75 Å². The molecule has 6 heterocycles. The highest BCUT2D eigenvalue weighted by Crippen LogP contribution is 2.54. The van der Waals surface area contributed by atoms with Crippen LogP contribution in [0.3, 0.4) is 0 Å². The Morgan fingerprint density at radius 1 is 0.784 bits per heavy atom. The molecule has 11 rings (SSSR count). The van der Waals surface area contributed by atoms with E-state index in [4.69, 9.17) is 9.84 Å². The fourth-order valence-electron chi connectivity index (χ4n) is 8.12. The number of fused-ring (bicyclic) bond motifs is 5. The fourth-order valence-corrected chi connectivity index (χ4v) is 8.71. The van der Waals surface area contributed by atoms with Crippen molar-refractivity contribution in [2.24, 2.45) is 0 Å². The van der Waals surface area contributed by atoms with E-state index in [0.29, 0.717) is 0 Å². The molecule has 9 aromatic rings. The Morgan fingerprint density at radius 3 is 2.59 bits per heavy atom. The standard InChI is InChI=1S/C41H28N8OS/c1-5-15-31-23(9-1)18-20-49(31)41-35(33-21-24-10-2-6-16-32(24)50-33)27(25-12-7-17-34-37(25)47-48-51-34)22-28-36(41)40(30-14-8-19-42-44-30)43-38(28)39-26-11-3-4-13-29(26)45-46-39/h1-17,19,22,33,43H,18,20-21H2,(H,45,46). The minimum atomic E-state index is -0.259. The summed E-state index contributed by atoms with van der Waals surface area (Å²) in [6, 6.07) is 38.0. The van der Waals surface area contributed by atoms with Gasteiger partial charge in [-0.2, -0.15) is 10.2 Å². The topological polar surface area (TPSA) is 108 Å². The number of nitrogens with zero attached hydrogens (tertiary/aromatic N) is 6. The van der Waals surface area contributed by atoms with Crippen LogP contribution < -0.4 is 9.64 Å². The summed E-state index contributed by atoms with van der Waals surface area (Å²) in [4.78, 5) is 6.34. The van der Waals surface area contributed by atoms with E-state index in [1.165, 1.54) is 28.3 Å². The Morgan fingerprint density at radius 2 is 1.67 bits per heavy atom. The third-order valence-electron chi connectivity index (χ3n) is 10.3. The van der Waals surface area contributed by atoms with Crippen LogP contribution in [-0.2, 0) is 12.8 Å². The number of nitrogens with one attached hydrogen (secondary N) is 2. The van der Waals surface area contributed by atoms with Crippen molar-refractivity contribution in [1.29, 1.82) is 0 Å². The van der Waals surface area contributed by atoms with Crippen LogP contribution in [0.15, 0.2) is 115 Å².